The number of nitrogens with two attached hydrogens (primary N) is 1. The Morgan fingerprint density at radius 2 is 1.92 bits per heavy atom. The number of rotatable bonds is 2. The smallest absolute Gasteiger partial charge is 0.338 e. The number of anilines is 1. The summed E-state index contributed by atoms with van der Waals surface area (Å²) in [4.78, 5) is 11.3. The number of hydrogen-bond donors (Lipinski definition) is 1. The molecule has 0 atom stereocenters. The molecule has 1 aliphatic carbocycles. The van der Waals surface area contributed by atoms with Crippen LogP contribution in [0.1, 0.15) is 23.2 Å². The highest BCUT2D eigenvalue weighted by Gasteiger charge is 2.26. The average Bonchev–Trinajstić information content (AvgIpc) is 2.89. The molecule has 0 spiro atoms. The molecule has 0 bridgehead atoms. The minimum atomic E-state index is -0.248. The molecule has 0 aliphatic heterocycles. The summed E-state index contributed by atoms with van der Waals surface area (Å²) in [5.74, 6) is -0.248. The maximum absolute atomic E-state index is 11.3. The SMILES string of the molecule is Nc1ccc(C(=O)OC2CC2)cc1. The summed E-state index contributed by atoms with van der Waals surface area (Å²) in [6.07, 6.45) is 2.16. The van der Waals surface area contributed by atoms with E-state index in [4.69, 9.17) is 10.5 Å². The number of ether oxygens (including phenoxy) is 1. The van der Waals surface area contributed by atoms with Crippen LogP contribution in [0.2, 0.25) is 0 Å². The van der Waals surface area contributed by atoms with Crippen molar-refractivity contribution in [3.63, 3.8) is 0 Å². The van der Waals surface area contributed by atoms with Crippen molar-refractivity contribution in [3.05, 3.63) is 29.8 Å². The Hall–Kier alpha value is -1.51. The van der Waals surface area contributed by atoms with Crippen LogP contribution in [0.3, 0.4) is 0 Å². The Bertz CT molecular complexity index is 314. The maximum atomic E-state index is 11.3. The first kappa shape index (κ1) is 8.10. The van der Waals surface area contributed by atoms with Crippen LogP contribution in [0.4, 0.5) is 5.69 Å². The van der Waals surface area contributed by atoms with Crippen molar-refractivity contribution in [1.29, 1.82) is 0 Å². The van der Waals surface area contributed by atoms with Crippen LogP contribution in [0.5, 0.6) is 0 Å². The molecule has 1 aromatic carbocycles. The zero-order chi connectivity index (χ0) is 9.26. The molecule has 0 aromatic heterocycles. The highest BCUT2D eigenvalue weighted by Crippen LogP contribution is 2.24. The van der Waals surface area contributed by atoms with Crippen molar-refractivity contribution in [3.8, 4) is 0 Å². The van der Waals surface area contributed by atoms with Gasteiger partial charge in [-0.15, -0.1) is 0 Å². The molecule has 1 saturated carbocycles. The van der Waals surface area contributed by atoms with Gasteiger partial charge in [0.25, 0.3) is 0 Å². The van der Waals surface area contributed by atoms with Crippen molar-refractivity contribution in [2.75, 3.05) is 5.73 Å². The second-order valence-corrected chi connectivity index (χ2v) is 3.23. The van der Waals surface area contributed by atoms with Gasteiger partial charge in [0.2, 0.25) is 0 Å². The van der Waals surface area contributed by atoms with Gasteiger partial charge in [0.1, 0.15) is 6.10 Å². The highest BCUT2D eigenvalue weighted by molar-refractivity contribution is 5.89. The van der Waals surface area contributed by atoms with Crippen LogP contribution in [0.25, 0.3) is 0 Å². The summed E-state index contributed by atoms with van der Waals surface area (Å²) >= 11 is 0. The first-order valence-corrected chi connectivity index (χ1v) is 4.32. The molecular formula is C10H11NO2. The van der Waals surface area contributed by atoms with Crippen LogP contribution in [-0.4, -0.2) is 12.1 Å². The lowest BCUT2D eigenvalue weighted by molar-refractivity contribution is 0.0472. The van der Waals surface area contributed by atoms with Gasteiger partial charge in [0.15, 0.2) is 0 Å². The molecule has 1 aromatic rings. The molecule has 0 saturated heterocycles. The monoisotopic (exact) mass is 177 g/mol. The topological polar surface area (TPSA) is 52.3 Å². The van der Waals surface area contributed by atoms with Gasteiger partial charge in [-0.05, 0) is 37.1 Å². The van der Waals surface area contributed by atoms with E-state index in [9.17, 15) is 4.79 Å². The van der Waals surface area contributed by atoms with Gasteiger partial charge >= 0.3 is 5.97 Å². The fourth-order valence-corrected chi connectivity index (χ4v) is 1.02. The third-order valence-electron chi connectivity index (χ3n) is 1.94. The second-order valence-electron chi connectivity index (χ2n) is 3.23. The number of benzene rings is 1. The lowest BCUT2D eigenvalue weighted by Crippen LogP contribution is -2.06. The molecule has 1 aliphatic rings. The molecule has 68 valence electrons. The van der Waals surface area contributed by atoms with Crippen LogP contribution in [0, 0.1) is 0 Å². The molecular weight excluding hydrogens is 166 g/mol. The van der Waals surface area contributed by atoms with Gasteiger partial charge in [-0.25, -0.2) is 4.79 Å². The third kappa shape index (κ3) is 1.99. The molecule has 1 fully saturated rings. The zero-order valence-corrected chi connectivity index (χ0v) is 7.19. The fraction of sp³-hybridized carbons (Fsp3) is 0.300. The van der Waals surface area contributed by atoms with Gasteiger partial charge in [-0.1, -0.05) is 0 Å². The summed E-state index contributed by atoms with van der Waals surface area (Å²) < 4.78 is 5.11. The molecule has 0 amide bonds. The average molecular weight is 177 g/mol. The van der Waals surface area contributed by atoms with Crippen molar-refractivity contribution in [2.24, 2.45) is 0 Å². The molecule has 0 unspecified atom stereocenters. The van der Waals surface area contributed by atoms with Gasteiger partial charge in [-0.3, -0.25) is 0 Å². The lowest BCUT2D eigenvalue weighted by Gasteiger charge is -2.02. The summed E-state index contributed by atoms with van der Waals surface area (Å²) in [7, 11) is 0. The Kier molecular flexibility index (Phi) is 1.93. The van der Waals surface area contributed by atoms with E-state index < -0.39 is 0 Å². The minimum Gasteiger partial charge on any atom is -0.459 e. The first-order valence-electron chi connectivity index (χ1n) is 4.32. The van der Waals surface area contributed by atoms with Crippen molar-refractivity contribution < 1.29 is 9.53 Å². The molecule has 0 radical (unpaired) electrons. The van der Waals surface area contributed by atoms with E-state index in [0.29, 0.717) is 11.3 Å². The van der Waals surface area contributed by atoms with Gasteiger partial charge in [-0.2, -0.15) is 0 Å². The van der Waals surface area contributed by atoms with E-state index in [1.165, 1.54) is 0 Å². The number of hydrogen-bond acceptors (Lipinski definition) is 3. The van der Waals surface area contributed by atoms with Gasteiger partial charge < -0.3 is 10.5 Å². The van der Waals surface area contributed by atoms with Crippen LogP contribution in [-0.2, 0) is 4.74 Å². The number of nitrogen functional groups attached to an aromatic ring is 1. The van der Waals surface area contributed by atoms with Crippen LogP contribution < -0.4 is 5.73 Å². The molecule has 3 heteroatoms. The molecule has 3 nitrogen and oxygen atoms in total. The fourth-order valence-electron chi connectivity index (χ4n) is 1.02. The number of carbonyl (C=O) groups excluding carboxylic acids is 1. The highest BCUT2D eigenvalue weighted by atomic mass is 16.5. The van der Waals surface area contributed by atoms with E-state index >= 15 is 0 Å². The van der Waals surface area contributed by atoms with Crippen LogP contribution >= 0.6 is 0 Å². The van der Waals surface area contributed by atoms with E-state index in [1.807, 2.05) is 0 Å². The lowest BCUT2D eigenvalue weighted by atomic mass is 10.2. The number of esters is 1. The Morgan fingerprint density at radius 1 is 1.31 bits per heavy atom. The van der Waals surface area contributed by atoms with Gasteiger partial charge in [0.05, 0.1) is 5.56 Å². The maximum Gasteiger partial charge on any atom is 0.338 e. The van der Waals surface area contributed by atoms with E-state index in [-0.39, 0.29) is 12.1 Å². The minimum absolute atomic E-state index is 0.157. The molecule has 2 rings (SSSR count). The largest absolute Gasteiger partial charge is 0.459 e. The van der Waals surface area contributed by atoms with Crippen molar-refractivity contribution in [1.82, 2.24) is 0 Å². The summed E-state index contributed by atoms with van der Waals surface area (Å²) in [6.45, 7) is 0. The summed E-state index contributed by atoms with van der Waals surface area (Å²) in [5, 5.41) is 0. The standard InChI is InChI=1S/C10H11NO2/c11-8-3-1-7(2-4-8)10(12)13-9-5-6-9/h1-4,9H,5-6,11H2. The second kappa shape index (κ2) is 3.09. The molecule has 13 heavy (non-hydrogen) atoms. The predicted molar refractivity (Wildman–Crippen MR) is 49.3 cm³/mol. The normalized spacial score (nSPS) is 15.4. The number of carbonyl (C=O) groups is 1. The van der Waals surface area contributed by atoms with E-state index in [0.717, 1.165) is 12.8 Å². The van der Waals surface area contributed by atoms with Crippen LogP contribution in [0.15, 0.2) is 24.3 Å². The zero-order valence-electron chi connectivity index (χ0n) is 7.19. The summed E-state index contributed by atoms with van der Waals surface area (Å²) in [6, 6.07) is 6.76. The molecule has 0 heterocycles. The quantitative estimate of drug-likeness (QED) is 0.551. The molecule has 2 N–H and O–H groups in total. The first-order chi connectivity index (χ1) is 6.25. The predicted octanol–water partition coefficient (Wildman–Crippen LogP) is 1.59. The van der Waals surface area contributed by atoms with Crippen molar-refractivity contribution >= 4 is 11.7 Å². The van der Waals surface area contributed by atoms with Gasteiger partial charge in [0, 0.05) is 5.69 Å². The Balaban J connectivity index is 2.05. The third-order valence-corrected chi connectivity index (χ3v) is 1.94. The summed E-state index contributed by atoms with van der Waals surface area (Å²) in [5.41, 5.74) is 6.71. The Morgan fingerprint density at radius 3 is 2.46 bits per heavy atom. The van der Waals surface area contributed by atoms with E-state index in [2.05, 4.69) is 0 Å². The van der Waals surface area contributed by atoms with Crippen molar-refractivity contribution in [2.45, 2.75) is 18.9 Å². The van der Waals surface area contributed by atoms with E-state index in [1.54, 1.807) is 24.3 Å². The Labute approximate surface area is 76.5 Å².